The second-order valence-corrected chi connectivity index (χ2v) is 7.49. The molecule has 8 nitrogen and oxygen atoms in total. The number of amides is 1. The van der Waals surface area contributed by atoms with E-state index in [-0.39, 0.29) is 12.1 Å². The molecule has 0 radical (unpaired) electrons. The number of nitrogens with zero attached hydrogens (tertiary/aromatic N) is 4. The number of nitrogens with one attached hydrogen (secondary N) is 2. The number of alkyl halides is 1. The first kappa shape index (κ1) is 21.1. The van der Waals surface area contributed by atoms with Crippen LogP contribution in [0.5, 0.6) is 0 Å². The molecule has 162 valence electrons. The Kier molecular flexibility index (Phi) is 6.12. The number of pyridine rings is 2. The number of anilines is 4. The number of carbonyl (C=O) groups is 1. The van der Waals surface area contributed by atoms with E-state index in [1.54, 1.807) is 18.2 Å². The number of rotatable bonds is 6. The zero-order valence-electron chi connectivity index (χ0n) is 17.2. The fourth-order valence-corrected chi connectivity index (χ4v) is 3.62. The van der Waals surface area contributed by atoms with Crippen LogP contribution in [0.2, 0.25) is 0 Å². The van der Waals surface area contributed by atoms with Gasteiger partial charge < -0.3 is 21.3 Å². The maximum atomic E-state index is 15.1. The van der Waals surface area contributed by atoms with Crippen LogP contribution in [0.15, 0.2) is 60.9 Å². The third-order valence-corrected chi connectivity index (χ3v) is 5.30. The molecule has 0 aliphatic carbocycles. The minimum atomic E-state index is -1.21. The van der Waals surface area contributed by atoms with Gasteiger partial charge >= 0.3 is 0 Å². The summed E-state index contributed by atoms with van der Waals surface area (Å²) in [7, 11) is 0. The fourth-order valence-electron chi connectivity index (χ4n) is 3.62. The molecular weight excluding hydrogens is 409 g/mol. The number of nitrogens with two attached hydrogens (primary N) is 1. The highest BCUT2D eigenvalue weighted by molar-refractivity contribution is 5.98. The Morgan fingerprint density at radius 2 is 2.00 bits per heavy atom. The Morgan fingerprint density at radius 3 is 2.66 bits per heavy atom. The predicted octanol–water partition coefficient (Wildman–Crippen LogP) is 3.22. The van der Waals surface area contributed by atoms with Gasteiger partial charge in [-0.1, -0.05) is 18.2 Å². The average molecular weight is 431 g/mol. The molecule has 0 bridgehead atoms. The number of para-hydroxylation sites is 1. The quantitative estimate of drug-likeness (QED) is 0.548. The molecule has 2 aromatic heterocycles. The SMILES string of the molecule is N#Cc1ccc(N2CC[C@@H](Nc3cc(Nc4ccccc4)ncc3C(N)=O)[C@@H](F)C2)nc1. The number of piperidine rings is 1. The van der Waals surface area contributed by atoms with E-state index in [9.17, 15) is 4.79 Å². The van der Waals surface area contributed by atoms with Crippen molar-refractivity contribution in [3.05, 3.63) is 72.1 Å². The minimum absolute atomic E-state index is 0.142. The summed E-state index contributed by atoms with van der Waals surface area (Å²) < 4.78 is 15.1. The largest absolute Gasteiger partial charge is 0.378 e. The summed E-state index contributed by atoms with van der Waals surface area (Å²) in [5.74, 6) is 0.500. The maximum Gasteiger partial charge on any atom is 0.252 e. The van der Waals surface area contributed by atoms with Gasteiger partial charge in [0.1, 0.15) is 23.9 Å². The van der Waals surface area contributed by atoms with Gasteiger partial charge in [0.2, 0.25) is 0 Å². The van der Waals surface area contributed by atoms with Crippen LogP contribution in [-0.2, 0) is 0 Å². The van der Waals surface area contributed by atoms with E-state index in [1.807, 2.05) is 41.3 Å². The fraction of sp³-hybridized carbons (Fsp3) is 0.217. The molecule has 3 heterocycles. The zero-order chi connectivity index (χ0) is 22.5. The molecule has 0 saturated carbocycles. The van der Waals surface area contributed by atoms with Crippen LogP contribution < -0.4 is 21.3 Å². The number of benzene rings is 1. The first-order valence-corrected chi connectivity index (χ1v) is 10.2. The Hall–Kier alpha value is -4.19. The summed E-state index contributed by atoms with van der Waals surface area (Å²) in [5.41, 5.74) is 7.44. The van der Waals surface area contributed by atoms with E-state index in [0.29, 0.717) is 35.9 Å². The van der Waals surface area contributed by atoms with Crippen molar-refractivity contribution in [2.24, 2.45) is 5.73 Å². The number of carbonyl (C=O) groups excluding carboxylic acids is 1. The van der Waals surface area contributed by atoms with Gasteiger partial charge in [-0.2, -0.15) is 5.26 Å². The molecular formula is C23H22FN7O. The molecule has 0 spiro atoms. The molecule has 0 unspecified atom stereocenters. The van der Waals surface area contributed by atoms with E-state index in [4.69, 9.17) is 11.0 Å². The average Bonchev–Trinajstić information content (AvgIpc) is 2.81. The van der Waals surface area contributed by atoms with Crippen LogP contribution in [0.4, 0.5) is 27.4 Å². The minimum Gasteiger partial charge on any atom is -0.378 e. The van der Waals surface area contributed by atoms with Gasteiger partial charge in [-0.3, -0.25) is 4.79 Å². The number of halogens is 1. The lowest BCUT2D eigenvalue weighted by Crippen LogP contribution is -2.48. The van der Waals surface area contributed by atoms with Gasteiger partial charge in [0, 0.05) is 30.7 Å². The summed E-state index contributed by atoms with van der Waals surface area (Å²) in [6.45, 7) is 0.714. The standard InChI is InChI=1S/C23H22FN7O/c24-18-14-31(22-7-6-15(11-25)12-28-22)9-8-19(18)30-20-10-21(27-13-17(20)23(26)32)29-16-4-2-1-3-5-16/h1-7,10,12-13,18-19H,8-9,14H2,(H2,26,32)(H2,27,29,30)/t18-,19+/m0/s1. The monoisotopic (exact) mass is 431 g/mol. The number of primary amides is 1. The second-order valence-electron chi connectivity index (χ2n) is 7.49. The summed E-state index contributed by atoms with van der Waals surface area (Å²) >= 11 is 0. The van der Waals surface area contributed by atoms with Crippen LogP contribution in [0.25, 0.3) is 0 Å². The Bertz CT molecular complexity index is 1130. The van der Waals surface area contributed by atoms with Crippen molar-refractivity contribution >= 4 is 28.9 Å². The first-order valence-electron chi connectivity index (χ1n) is 10.2. The van der Waals surface area contributed by atoms with Crippen molar-refractivity contribution in [3.63, 3.8) is 0 Å². The van der Waals surface area contributed by atoms with Gasteiger partial charge in [-0.15, -0.1) is 0 Å². The highest BCUT2D eigenvalue weighted by atomic mass is 19.1. The Balaban J connectivity index is 1.48. The number of nitriles is 1. The first-order chi connectivity index (χ1) is 15.5. The van der Waals surface area contributed by atoms with Crippen molar-refractivity contribution in [2.45, 2.75) is 18.6 Å². The molecule has 9 heteroatoms. The van der Waals surface area contributed by atoms with E-state index in [1.165, 1.54) is 12.4 Å². The lowest BCUT2D eigenvalue weighted by molar-refractivity contribution is 0.100. The molecule has 32 heavy (non-hydrogen) atoms. The van der Waals surface area contributed by atoms with Gasteiger partial charge in [0.15, 0.2) is 0 Å². The zero-order valence-corrected chi connectivity index (χ0v) is 17.2. The smallest absolute Gasteiger partial charge is 0.252 e. The van der Waals surface area contributed by atoms with Crippen LogP contribution in [-0.4, -0.2) is 41.2 Å². The summed E-state index contributed by atoms with van der Waals surface area (Å²) in [6, 6.07) is 16.0. The van der Waals surface area contributed by atoms with E-state index in [2.05, 4.69) is 20.6 Å². The third kappa shape index (κ3) is 4.75. The van der Waals surface area contributed by atoms with Crippen LogP contribution in [0.1, 0.15) is 22.3 Å². The third-order valence-electron chi connectivity index (χ3n) is 5.30. The van der Waals surface area contributed by atoms with E-state index >= 15 is 4.39 Å². The normalized spacial score (nSPS) is 17.9. The van der Waals surface area contributed by atoms with Crippen molar-refractivity contribution in [1.29, 1.82) is 5.26 Å². The molecule has 2 atom stereocenters. The van der Waals surface area contributed by atoms with Crippen molar-refractivity contribution in [3.8, 4) is 6.07 Å². The summed E-state index contributed by atoms with van der Waals surface area (Å²) in [5, 5.41) is 15.2. The van der Waals surface area contributed by atoms with E-state index in [0.717, 1.165) is 5.69 Å². The van der Waals surface area contributed by atoms with Crippen LogP contribution in [0, 0.1) is 11.3 Å². The van der Waals surface area contributed by atoms with Crippen molar-refractivity contribution in [1.82, 2.24) is 9.97 Å². The molecule has 1 fully saturated rings. The highest BCUT2D eigenvalue weighted by Gasteiger charge is 2.30. The number of hydrogen-bond acceptors (Lipinski definition) is 7. The second kappa shape index (κ2) is 9.31. The molecule has 1 saturated heterocycles. The van der Waals surface area contributed by atoms with Gasteiger partial charge in [0.05, 0.1) is 29.4 Å². The Labute approximate surface area is 184 Å². The highest BCUT2D eigenvalue weighted by Crippen LogP contribution is 2.26. The summed E-state index contributed by atoms with van der Waals surface area (Å²) in [4.78, 5) is 22.2. The molecule has 1 aromatic carbocycles. The summed E-state index contributed by atoms with van der Waals surface area (Å²) in [6.07, 6.45) is 2.15. The molecule has 3 aromatic rings. The molecule has 1 amide bonds. The van der Waals surface area contributed by atoms with Gasteiger partial charge in [-0.05, 0) is 30.7 Å². The topological polar surface area (TPSA) is 120 Å². The Morgan fingerprint density at radius 1 is 1.19 bits per heavy atom. The molecule has 1 aliphatic rings. The van der Waals surface area contributed by atoms with Gasteiger partial charge in [-0.25, -0.2) is 14.4 Å². The van der Waals surface area contributed by atoms with Gasteiger partial charge in [0.25, 0.3) is 5.91 Å². The van der Waals surface area contributed by atoms with Crippen LogP contribution in [0.3, 0.4) is 0 Å². The lowest BCUT2D eigenvalue weighted by atomic mass is 10.0. The van der Waals surface area contributed by atoms with Crippen LogP contribution >= 0.6 is 0 Å². The number of hydrogen-bond donors (Lipinski definition) is 3. The lowest BCUT2D eigenvalue weighted by Gasteiger charge is -2.36. The molecule has 4 N–H and O–H groups in total. The predicted molar refractivity (Wildman–Crippen MR) is 121 cm³/mol. The van der Waals surface area contributed by atoms with Crippen molar-refractivity contribution in [2.75, 3.05) is 28.6 Å². The van der Waals surface area contributed by atoms with E-state index < -0.39 is 18.1 Å². The van der Waals surface area contributed by atoms with Crippen molar-refractivity contribution < 1.29 is 9.18 Å². The number of aromatic nitrogens is 2. The maximum absolute atomic E-state index is 15.1. The molecule has 1 aliphatic heterocycles. The molecule has 4 rings (SSSR count).